The van der Waals surface area contributed by atoms with E-state index in [-0.39, 0.29) is 0 Å². The van der Waals surface area contributed by atoms with E-state index in [1.807, 2.05) is 0 Å². The quantitative estimate of drug-likeness (QED) is 0.476. The van der Waals surface area contributed by atoms with Crippen LogP contribution in [0.4, 0.5) is 0 Å². The summed E-state index contributed by atoms with van der Waals surface area (Å²) in [6.45, 7) is 5.45. The Morgan fingerprint density at radius 3 is 2.40 bits per heavy atom. The highest BCUT2D eigenvalue weighted by Gasteiger charge is 2.35. The minimum atomic E-state index is 0.448. The molecular weight excluding hydrogens is 256 g/mol. The number of ether oxygens (including phenoxy) is 2. The first-order valence-corrected chi connectivity index (χ1v) is 7.16. The van der Waals surface area contributed by atoms with Crippen molar-refractivity contribution >= 4 is 15.9 Å². The number of rotatable bonds is 9. The molecule has 0 amide bonds. The van der Waals surface area contributed by atoms with Crippen LogP contribution in [0.15, 0.2) is 0 Å². The van der Waals surface area contributed by atoms with E-state index in [0.717, 1.165) is 38.2 Å². The summed E-state index contributed by atoms with van der Waals surface area (Å²) in [6, 6.07) is 0. The number of hydrogen-bond donors (Lipinski definition) is 0. The molecule has 0 aliphatic heterocycles. The highest BCUT2D eigenvalue weighted by molar-refractivity contribution is 9.09. The Bertz CT molecular complexity index is 152. The van der Waals surface area contributed by atoms with Crippen molar-refractivity contribution in [2.24, 2.45) is 5.41 Å². The first-order valence-electron chi connectivity index (χ1n) is 6.04. The lowest BCUT2D eigenvalue weighted by molar-refractivity contribution is -0.0159. The molecule has 1 fully saturated rings. The Morgan fingerprint density at radius 2 is 1.87 bits per heavy atom. The summed E-state index contributed by atoms with van der Waals surface area (Å²) >= 11 is 3.58. The van der Waals surface area contributed by atoms with E-state index >= 15 is 0 Å². The molecule has 0 aromatic heterocycles. The molecule has 3 heteroatoms. The largest absolute Gasteiger partial charge is 0.379 e. The van der Waals surface area contributed by atoms with Crippen LogP contribution in [0.25, 0.3) is 0 Å². The van der Waals surface area contributed by atoms with Crippen molar-refractivity contribution in [2.75, 3.05) is 31.8 Å². The molecule has 0 unspecified atom stereocenters. The van der Waals surface area contributed by atoms with Crippen LogP contribution in [-0.2, 0) is 9.47 Å². The van der Waals surface area contributed by atoms with Gasteiger partial charge in [0.2, 0.25) is 0 Å². The lowest BCUT2D eigenvalue weighted by atomic mass is 9.71. The van der Waals surface area contributed by atoms with E-state index in [4.69, 9.17) is 9.47 Å². The van der Waals surface area contributed by atoms with Gasteiger partial charge in [0.25, 0.3) is 0 Å². The fourth-order valence-corrected chi connectivity index (χ4v) is 2.47. The van der Waals surface area contributed by atoms with Gasteiger partial charge in [-0.1, -0.05) is 35.7 Å². The Kier molecular flexibility index (Phi) is 6.86. The predicted octanol–water partition coefficient (Wildman–Crippen LogP) is 3.38. The fourth-order valence-electron chi connectivity index (χ4n) is 1.75. The van der Waals surface area contributed by atoms with Crippen molar-refractivity contribution in [3.63, 3.8) is 0 Å². The molecule has 1 aliphatic rings. The molecule has 0 atom stereocenters. The Morgan fingerprint density at radius 1 is 1.13 bits per heavy atom. The summed E-state index contributed by atoms with van der Waals surface area (Å²) in [5.41, 5.74) is 0.448. The minimum Gasteiger partial charge on any atom is -0.379 e. The van der Waals surface area contributed by atoms with Gasteiger partial charge in [0, 0.05) is 17.4 Å². The van der Waals surface area contributed by atoms with E-state index in [1.54, 1.807) is 0 Å². The molecule has 1 saturated carbocycles. The molecule has 0 aromatic rings. The standard InChI is InChI=1S/C12H23BrO2/c1-2-3-7-14-8-9-15-11-12(10-13)5-4-6-12/h2-11H2,1H3. The molecule has 0 saturated heterocycles. The van der Waals surface area contributed by atoms with Gasteiger partial charge < -0.3 is 9.47 Å². The molecule has 0 aromatic carbocycles. The molecule has 90 valence electrons. The molecule has 1 rings (SSSR count). The smallest absolute Gasteiger partial charge is 0.0700 e. The topological polar surface area (TPSA) is 18.5 Å². The number of unbranched alkanes of at least 4 members (excludes halogenated alkanes) is 1. The van der Waals surface area contributed by atoms with Gasteiger partial charge in [-0.25, -0.2) is 0 Å². The van der Waals surface area contributed by atoms with Crippen LogP contribution in [-0.4, -0.2) is 31.8 Å². The van der Waals surface area contributed by atoms with Gasteiger partial charge in [-0.05, 0) is 19.3 Å². The lowest BCUT2D eigenvalue weighted by Crippen LogP contribution is -2.36. The third-order valence-corrected chi connectivity index (χ3v) is 4.31. The Labute approximate surface area is 102 Å². The Hall–Kier alpha value is 0.400. The van der Waals surface area contributed by atoms with Crippen LogP contribution in [0.2, 0.25) is 0 Å². The second kappa shape index (κ2) is 7.64. The maximum atomic E-state index is 5.66. The second-order valence-corrected chi connectivity index (χ2v) is 5.07. The average Bonchev–Trinajstić information content (AvgIpc) is 2.20. The summed E-state index contributed by atoms with van der Waals surface area (Å²) in [6.07, 6.45) is 6.35. The third kappa shape index (κ3) is 4.83. The van der Waals surface area contributed by atoms with Crippen molar-refractivity contribution in [1.82, 2.24) is 0 Å². The van der Waals surface area contributed by atoms with Gasteiger partial charge in [0.05, 0.1) is 19.8 Å². The number of halogens is 1. The maximum absolute atomic E-state index is 5.66. The Balaban J connectivity index is 1.88. The van der Waals surface area contributed by atoms with Crippen LogP contribution in [0.5, 0.6) is 0 Å². The van der Waals surface area contributed by atoms with Crippen LogP contribution in [0, 0.1) is 5.41 Å². The van der Waals surface area contributed by atoms with Crippen molar-refractivity contribution in [3.8, 4) is 0 Å². The monoisotopic (exact) mass is 278 g/mol. The van der Waals surface area contributed by atoms with Gasteiger partial charge in [0.15, 0.2) is 0 Å². The SMILES string of the molecule is CCCCOCCOCC1(CBr)CCC1. The molecule has 0 bridgehead atoms. The van der Waals surface area contributed by atoms with E-state index in [0.29, 0.717) is 5.41 Å². The lowest BCUT2D eigenvalue weighted by Gasteiger charge is -2.40. The zero-order valence-corrected chi connectivity index (χ0v) is 11.4. The fraction of sp³-hybridized carbons (Fsp3) is 1.00. The number of alkyl halides is 1. The molecule has 0 N–H and O–H groups in total. The average molecular weight is 279 g/mol. The zero-order valence-electron chi connectivity index (χ0n) is 9.77. The van der Waals surface area contributed by atoms with E-state index in [1.165, 1.54) is 25.7 Å². The molecule has 15 heavy (non-hydrogen) atoms. The molecule has 1 aliphatic carbocycles. The van der Waals surface area contributed by atoms with Gasteiger partial charge in [0.1, 0.15) is 0 Å². The molecule has 0 radical (unpaired) electrons. The highest BCUT2D eigenvalue weighted by atomic mass is 79.9. The van der Waals surface area contributed by atoms with Gasteiger partial charge in [-0.15, -0.1) is 0 Å². The normalized spacial score (nSPS) is 18.8. The van der Waals surface area contributed by atoms with Crippen LogP contribution >= 0.6 is 15.9 Å². The van der Waals surface area contributed by atoms with Crippen LogP contribution < -0.4 is 0 Å². The molecule has 0 heterocycles. The zero-order chi connectivity index (χ0) is 11.0. The second-order valence-electron chi connectivity index (χ2n) is 4.51. The van der Waals surface area contributed by atoms with Gasteiger partial charge >= 0.3 is 0 Å². The number of hydrogen-bond acceptors (Lipinski definition) is 2. The van der Waals surface area contributed by atoms with Crippen LogP contribution in [0.3, 0.4) is 0 Å². The molecular formula is C12H23BrO2. The summed E-state index contributed by atoms with van der Waals surface area (Å²) in [5.74, 6) is 0. The van der Waals surface area contributed by atoms with E-state index in [2.05, 4.69) is 22.9 Å². The first-order chi connectivity index (χ1) is 7.33. The summed E-state index contributed by atoms with van der Waals surface area (Å²) in [5, 5.41) is 1.08. The van der Waals surface area contributed by atoms with Gasteiger partial charge in [-0.3, -0.25) is 0 Å². The first kappa shape index (κ1) is 13.5. The van der Waals surface area contributed by atoms with Crippen molar-refractivity contribution in [1.29, 1.82) is 0 Å². The van der Waals surface area contributed by atoms with Crippen molar-refractivity contribution in [3.05, 3.63) is 0 Å². The maximum Gasteiger partial charge on any atom is 0.0700 e. The molecule has 0 spiro atoms. The summed E-state index contributed by atoms with van der Waals surface area (Å²) < 4.78 is 11.1. The third-order valence-electron chi connectivity index (χ3n) is 3.12. The van der Waals surface area contributed by atoms with E-state index in [9.17, 15) is 0 Å². The molecule has 2 nitrogen and oxygen atoms in total. The van der Waals surface area contributed by atoms with Crippen LogP contribution in [0.1, 0.15) is 39.0 Å². The van der Waals surface area contributed by atoms with E-state index < -0.39 is 0 Å². The van der Waals surface area contributed by atoms with Crippen molar-refractivity contribution in [2.45, 2.75) is 39.0 Å². The van der Waals surface area contributed by atoms with Gasteiger partial charge in [-0.2, -0.15) is 0 Å². The predicted molar refractivity (Wildman–Crippen MR) is 66.6 cm³/mol. The summed E-state index contributed by atoms with van der Waals surface area (Å²) in [4.78, 5) is 0. The minimum absolute atomic E-state index is 0.448. The van der Waals surface area contributed by atoms with Crippen molar-refractivity contribution < 1.29 is 9.47 Å². The highest BCUT2D eigenvalue weighted by Crippen LogP contribution is 2.42. The summed E-state index contributed by atoms with van der Waals surface area (Å²) in [7, 11) is 0.